The van der Waals surface area contributed by atoms with Crippen LogP contribution in [0.25, 0.3) is 4.96 Å². The van der Waals surface area contributed by atoms with Gasteiger partial charge in [-0.3, -0.25) is 4.79 Å². The van der Waals surface area contributed by atoms with Crippen LogP contribution in [0.2, 0.25) is 5.02 Å². The predicted molar refractivity (Wildman–Crippen MR) is 94.4 cm³/mol. The number of fused-ring (bicyclic) bond motifs is 1. The van der Waals surface area contributed by atoms with Gasteiger partial charge in [-0.1, -0.05) is 35.1 Å². The van der Waals surface area contributed by atoms with Gasteiger partial charge in [0.2, 0.25) is 10.1 Å². The molecule has 2 aromatic heterocycles. The van der Waals surface area contributed by atoms with Crippen LogP contribution in [0.3, 0.4) is 0 Å². The molecule has 1 aliphatic rings. The van der Waals surface area contributed by atoms with Crippen LogP contribution in [0.4, 0.5) is 5.13 Å². The van der Waals surface area contributed by atoms with Crippen LogP contribution in [-0.4, -0.2) is 33.8 Å². The van der Waals surface area contributed by atoms with Crippen molar-refractivity contribution < 1.29 is 4.74 Å². The number of nitrogens with zero attached hydrogens (tertiary/aromatic N) is 4. The van der Waals surface area contributed by atoms with E-state index in [1.54, 1.807) is 0 Å². The number of piperidine rings is 1. The van der Waals surface area contributed by atoms with Gasteiger partial charge in [-0.2, -0.15) is 4.52 Å². The average molecular weight is 363 g/mol. The molecular formula is C16H15ClN4O2S. The van der Waals surface area contributed by atoms with E-state index >= 15 is 0 Å². The first-order valence-electron chi connectivity index (χ1n) is 7.72. The number of ether oxygens (including phenoxy) is 1. The van der Waals surface area contributed by atoms with Crippen LogP contribution in [0.15, 0.2) is 41.3 Å². The summed E-state index contributed by atoms with van der Waals surface area (Å²) < 4.78 is 7.36. The van der Waals surface area contributed by atoms with Crippen molar-refractivity contribution in [3.8, 4) is 5.75 Å². The molecule has 0 unspecified atom stereocenters. The second-order valence-corrected chi connectivity index (χ2v) is 6.94. The Kier molecular flexibility index (Phi) is 4.12. The van der Waals surface area contributed by atoms with E-state index in [2.05, 4.69) is 15.0 Å². The van der Waals surface area contributed by atoms with Crippen LogP contribution >= 0.6 is 22.9 Å². The zero-order chi connectivity index (χ0) is 16.5. The number of benzene rings is 1. The van der Waals surface area contributed by atoms with Gasteiger partial charge in [0.25, 0.3) is 5.56 Å². The number of hydrogen-bond donors (Lipinski definition) is 0. The summed E-state index contributed by atoms with van der Waals surface area (Å²) in [5.41, 5.74) is -0.153. The van der Waals surface area contributed by atoms with Crippen LogP contribution < -0.4 is 15.2 Å². The Hall–Kier alpha value is -2.12. The fourth-order valence-electron chi connectivity index (χ4n) is 2.75. The number of aromatic nitrogens is 3. The van der Waals surface area contributed by atoms with Crippen molar-refractivity contribution in [1.82, 2.24) is 14.6 Å². The number of para-hydroxylation sites is 1. The highest BCUT2D eigenvalue weighted by Crippen LogP contribution is 2.29. The van der Waals surface area contributed by atoms with Crippen molar-refractivity contribution in [2.24, 2.45) is 0 Å². The zero-order valence-corrected chi connectivity index (χ0v) is 14.3. The molecule has 1 aromatic carbocycles. The molecule has 0 aliphatic carbocycles. The summed E-state index contributed by atoms with van der Waals surface area (Å²) in [5, 5.41) is 5.84. The third-order valence-corrected chi connectivity index (χ3v) is 5.30. The Bertz CT molecular complexity index is 918. The fraction of sp³-hybridized carbons (Fsp3) is 0.312. The molecule has 6 nitrogen and oxygen atoms in total. The topological polar surface area (TPSA) is 59.7 Å². The quantitative estimate of drug-likeness (QED) is 0.717. The Labute approximate surface area is 147 Å². The van der Waals surface area contributed by atoms with Crippen molar-refractivity contribution in [3.05, 3.63) is 51.9 Å². The molecule has 0 atom stereocenters. The first-order chi connectivity index (χ1) is 11.7. The van der Waals surface area contributed by atoms with E-state index in [1.807, 2.05) is 24.3 Å². The molecule has 8 heteroatoms. The van der Waals surface area contributed by atoms with Crippen molar-refractivity contribution in [2.75, 3.05) is 18.0 Å². The standard InChI is InChI=1S/C16H15ClN4O2S/c17-12-3-1-2-4-13(12)23-11-6-9-20(10-7-11)16-19-21-14(22)5-8-18-15(21)24-16/h1-5,8,11H,6-7,9-10H2. The smallest absolute Gasteiger partial charge is 0.275 e. The Morgan fingerprint density at radius 2 is 2.00 bits per heavy atom. The molecule has 3 aromatic rings. The van der Waals surface area contributed by atoms with Gasteiger partial charge in [0.15, 0.2) is 0 Å². The maximum absolute atomic E-state index is 11.8. The molecule has 3 heterocycles. The second-order valence-electron chi connectivity index (χ2n) is 5.60. The van der Waals surface area contributed by atoms with Crippen LogP contribution in [-0.2, 0) is 0 Å². The maximum Gasteiger partial charge on any atom is 0.275 e. The SMILES string of the molecule is O=c1ccnc2sc(N3CCC(Oc4ccccc4Cl)CC3)nn12. The molecule has 24 heavy (non-hydrogen) atoms. The van der Waals surface area contributed by atoms with E-state index in [1.165, 1.54) is 28.1 Å². The van der Waals surface area contributed by atoms with E-state index in [9.17, 15) is 4.79 Å². The van der Waals surface area contributed by atoms with E-state index in [-0.39, 0.29) is 11.7 Å². The summed E-state index contributed by atoms with van der Waals surface area (Å²) in [7, 11) is 0. The molecule has 0 bridgehead atoms. The Balaban J connectivity index is 1.44. The van der Waals surface area contributed by atoms with Gasteiger partial charge in [0, 0.05) is 38.2 Å². The molecule has 0 spiro atoms. The minimum Gasteiger partial charge on any atom is -0.489 e. The van der Waals surface area contributed by atoms with E-state index < -0.39 is 0 Å². The van der Waals surface area contributed by atoms with Crippen molar-refractivity contribution in [3.63, 3.8) is 0 Å². The summed E-state index contributed by atoms with van der Waals surface area (Å²) in [6.45, 7) is 1.65. The molecular weight excluding hydrogens is 348 g/mol. The van der Waals surface area contributed by atoms with Gasteiger partial charge >= 0.3 is 0 Å². The third-order valence-electron chi connectivity index (χ3n) is 4.00. The number of hydrogen-bond acceptors (Lipinski definition) is 6. The van der Waals surface area contributed by atoms with Gasteiger partial charge in [0.1, 0.15) is 11.9 Å². The number of rotatable bonds is 3. The minimum absolute atomic E-state index is 0.136. The normalized spacial score (nSPS) is 15.8. The summed E-state index contributed by atoms with van der Waals surface area (Å²) in [4.78, 5) is 18.8. The lowest BCUT2D eigenvalue weighted by Gasteiger charge is -2.31. The molecule has 0 N–H and O–H groups in total. The summed E-state index contributed by atoms with van der Waals surface area (Å²) in [6, 6.07) is 8.95. The third kappa shape index (κ3) is 2.97. The lowest BCUT2D eigenvalue weighted by molar-refractivity contribution is 0.171. The molecule has 0 amide bonds. The van der Waals surface area contributed by atoms with E-state index in [0.29, 0.717) is 9.98 Å². The van der Waals surface area contributed by atoms with Gasteiger partial charge in [-0.15, -0.1) is 5.10 Å². The Morgan fingerprint density at radius 3 is 2.75 bits per heavy atom. The predicted octanol–water partition coefficient (Wildman–Crippen LogP) is 2.85. The molecule has 0 radical (unpaired) electrons. The highest BCUT2D eigenvalue weighted by molar-refractivity contribution is 7.20. The van der Waals surface area contributed by atoms with Gasteiger partial charge in [-0.25, -0.2) is 4.98 Å². The Morgan fingerprint density at radius 1 is 1.21 bits per heavy atom. The molecule has 1 aliphatic heterocycles. The van der Waals surface area contributed by atoms with Gasteiger partial charge < -0.3 is 9.64 Å². The molecule has 0 saturated carbocycles. The van der Waals surface area contributed by atoms with E-state index in [0.717, 1.165) is 36.8 Å². The largest absolute Gasteiger partial charge is 0.489 e. The van der Waals surface area contributed by atoms with Crippen molar-refractivity contribution >= 4 is 33.0 Å². The highest BCUT2D eigenvalue weighted by atomic mass is 35.5. The molecule has 124 valence electrons. The summed E-state index contributed by atoms with van der Waals surface area (Å²) >= 11 is 7.58. The lowest BCUT2D eigenvalue weighted by atomic mass is 10.1. The summed E-state index contributed by atoms with van der Waals surface area (Å²) in [5.74, 6) is 0.730. The second kappa shape index (κ2) is 6.41. The van der Waals surface area contributed by atoms with Crippen molar-refractivity contribution in [2.45, 2.75) is 18.9 Å². The van der Waals surface area contributed by atoms with Crippen LogP contribution in [0.5, 0.6) is 5.75 Å². The lowest BCUT2D eigenvalue weighted by Crippen LogP contribution is -2.38. The van der Waals surface area contributed by atoms with E-state index in [4.69, 9.17) is 16.3 Å². The average Bonchev–Trinajstić information content (AvgIpc) is 3.03. The minimum atomic E-state index is -0.153. The first kappa shape index (κ1) is 15.4. The van der Waals surface area contributed by atoms with Crippen LogP contribution in [0, 0.1) is 0 Å². The number of anilines is 1. The first-order valence-corrected chi connectivity index (χ1v) is 8.91. The summed E-state index contributed by atoms with van der Waals surface area (Å²) in [6.07, 6.45) is 3.41. The van der Waals surface area contributed by atoms with Gasteiger partial charge in [-0.05, 0) is 12.1 Å². The van der Waals surface area contributed by atoms with Crippen LogP contribution in [0.1, 0.15) is 12.8 Å². The maximum atomic E-state index is 11.8. The fourth-order valence-corrected chi connectivity index (χ4v) is 3.85. The van der Waals surface area contributed by atoms with Gasteiger partial charge in [0.05, 0.1) is 5.02 Å². The molecule has 1 fully saturated rings. The number of halogens is 1. The molecule has 4 rings (SSSR count). The zero-order valence-electron chi connectivity index (χ0n) is 12.8. The highest BCUT2D eigenvalue weighted by Gasteiger charge is 2.23. The molecule has 1 saturated heterocycles. The monoisotopic (exact) mass is 362 g/mol. The van der Waals surface area contributed by atoms with Crippen molar-refractivity contribution in [1.29, 1.82) is 0 Å².